The van der Waals surface area contributed by atoms with E-state index in [4.69, 9.17) is 9.47 Å². The van der Waals surface area contributed by atoms with Gasteiger partial charge >= 0.3 is 5.97 Å². The lowest BCUT2D eigenvalue weighted by atomic mass is 10.0. The van der Waals surface area contributed by atoms with Gasteiger partial charge in [-0.3, -0.25) is 14.9 Å². The Bertz CT molecular complexity index is 468. The Labute approximate surface area is 110 Å². The minimum Gasteiger partial charge on any atom is -0.461 e. The van der Waals surface area contributed by atoms with E-state index >= 15 is 0 Å². The average Bonchev–Trinajstić information content (AvgIpc) is 2.46. The Morgan fingerprint density at radius 3 is 2.84 bits per heavy atom. The third kappa shape index (κ3) is 3.75. The number of nitro groups is 1. The van der Waals surface area contributed by atoms with E-state index in [1.54, 1.807) is 12.1 Å². The van der Waals surface area contributed by atoms with Crippen LogP contribution >= 0.6 is 0 Å². The van der Waals surface area contributed by atoms with Crippen molar-refractivity contribution in [1.29, 1.82) is 0 Å². The van der Waals surface area contributed by atoms with E-state index in [-0.39, 0.29) is 24.2 Å². The SMILES string of the molecule is O=C(OCc1cccc([N+](=O)[O-])c1)C1CCOCC1. The van der Waals surface area contributed by atoms with Gasteiger partial charge in [-0.25, -0.2) is 0 Å². The van der Waals surface area contributed by atoms with Gasteiger partial charge in [0.2, 0.25) is 0 Å². The molecule has 2 rings (SSSR count). The number of nitrogens with zero attached hydrogens (tertiary/aromatic N) is 1. The largest absolute Gasteiger partial charge is 0.461 e. The fourth-order valence-corrected chi connectivity index (χ4v) is 1.97. The molecule has 1 aromatic carbocycles. The lowest BCUT2D eigenvalue weighted by Gasteiger charge is -2.20. The number of hydrogen-bond acceptors (Lipinski definition) is 5. The smallest absolute Gasteiger partial charge is 0.309 e. The predicted octanol–water partition coefficient (Wildman–Crippen LogP) is 2.06. The number of carbonyl (C=O) groups is 1. The van der Waals surface area contributed by atoms with E-state index in [9.17, 15) is 14.9 Å². The summed E-state index contributed by atoms with van der Waals surface area (Å²) >= 11 is 0. The van der Waals surface area contributed by atoms with Crippen LogP contribution in [0.15, 0.2) is 24.3 Å². The second-order valence-corrected chi connectivity index (χ2v) is 4.42. The van der Waals surface area contributed by atoms with Crippen molar-refractivity contribution in [2.24, 2.45) is 5.92 Å². The maximum Gasteiger partial charge on any atom is 0.309 e. The number of rotatable bonds is 4. The molecule has 1 fully saturated rings. The van der Waals surface area contributed by atoms with Crippen LogP contribution < -0.4 is 0 Å². The molecule has 19 heavy (non-hydrogen) atoms. The summed E-state index contributed by atoms with van der Waals surface area (Å²) in [7, 11) is 0. The predicted molar refractivity (Wildman–Crippen MR) is 66.4 cm³/mol. The highest BCUT2D eigenvalue weighted by molar-refractivity contribution is 5.72. The molecule has 0 amide bonds. The number of carbonyl (C=O) groups excluding carboxylic acids is 1. The first-order valence-electron chi connectivity index (χ1n) is 6.14. The highest BCUT2D eigenvalue weighted by Crippen LogP contribution is 2.18. The molecule has 0 unspecified atom stereocenters. The van der Waals surface area contributed by atoms with Gasteiger partial charge in [0.25, 0.3) is 5.69 Å². The van der Waals surface area contributed by atoms with Crippen LogP contribution in [0.3, 0.4) is 0 Å². The molecule has 1 aliphatic heterocycles. The Balaban J connectivity index is 1.89. The lowest BCUT2D eigenvalue weighted by molar-refractivity contribution is -0.384. The van der Waals surface area contributed by atoms with Crippen molar-refractivity contribution in [2.45, 2.75) is 19.4 Å². The van der Waals surface area contributed by atoms with E-state index in [2.05, 4.69) is 0 Å². The highest BCUT2D eigenvalue weighted by Gasteiger charge is 2.23. The number of non-ortho nitro benzene ring substituents is 1. The molecule has 0 aromatic heterocycles. The van der Waals surface area contributed by atoms with E-state index in [1.807, 2.05) is 0 Å². The first-order chi connectivity index (χ1) is 9.16. The van der Waals surface area contributed by atoms with Gasteiger partial charge in [-0.15, -0.1) is 0 Å². The quantitative estimate of drug-likeness (QED) is 0.473. The fraction of sp³-hybridized carbons (Fsp3) is 0.462. The maximum absolute atomic E-state index is 11.8. The summed E-state index contributed by atoms with van der Waals surface area (Å²) in [6.07, 6.45) is 1.35. The molecule has 0 bridgehead atoms. The topological polar surface area (TPSA) is 78.7 Å². The fourth-order valence-electron chi connectivity index (χ4n) is 1.97. The third-order valence-electron chi connectivity index (χ3n) is 3.06. The van der Waals surface area contributed by atoms with Crippen LogP contribution in [0, 0.1) is 16.0 Å². The van der Waals surface area contributed by atoms with E-state index in [0.717, 1.165) is 0 Å². The lowest BCUT2D eigenvalue weighted by Crippen LogP contribution is -2.25. The molecule has 6 nitrogen and oxygen atoms in total. The van der Waals surface area contributed by atoms with Gasteiger partial charge < -0.3 is 9.47 Å². The van der Waals surface area contributed by atoms with Gasteiger partial charge in [0, 0.05) is 25.3 Å². The monoisotopic (exact) mass is 265 g/mol. The molecule has 0 N–H and O–H groups in total. The Kier molecular flexibility index (Phi) is 4.46. The van der Waals surface area contributed by atoms with Crippen LogP contribution in [0.25, 0.3) is 0 Å². The summed E-state index contributed by atoms with van der Waals surface area (Å²) in [6, 6.07) is 6.10. The molecule has 1 aliphatic rings. The molecule has 0 aliphatic carbocycles. The van der Waals surface area contributed by atoms with Crippen molar-refractivity contribution in [3.63, 3.8) is 0 Å². The van der Waals surface area contributed by atoms with Crippen LogP contribution in [0.5, 0.6) is 0 Å². The van der Waals surface area contributed by atoms with Gasteiger partial charge in [-0.2, -0.15) is 0 Å². The minimum atomic E-state index is -0.468. The summed E-state index contributed by atoms with van der Waals surface area (Å²) in [5, 5.41) is 10.6. The zero-order valence-electron chi connectivity index (χ0n) is 10.4. The number of ether oxygens (including phenoxy) is 2. The summed E-state index contributed by atoms with van der Waals surface area (Å²) < 4.78 is 10.4. The first-order valence-corrected chi connectivity index (χ1v) is 6.14. The van der Waals surface area contributed by atoms with Gasteiger partial charge in [-0.05, 0) is 18.4 Å². The van der Waals surface area contributed by atoms with Crippen molar-refractivity contribution in [3.8, 4) is 0 Å². The minimum absolute atomic E-state index is 0.000356. The normalized spacial score (nSPS) is 16.0. The van der Waals surface area contributed by atoms with Crippen LogP contribution in [-0.4, -0.2) is 24.1 Å². The van der Waals surface area contributed by atoms with E-state index in [0.29, 0.717) is 31.6 Å². The van der Waals surface area contributed by atoms with Crippen molar-refractivity contribution >= 4 is 11.7 Å². The van der Waals surface area contributed by atoms with Gasteiger partial charge in [-0.1, -0.05) is 12.1 Å². The van der Waals surface area contributed by atoms with Crippen molar-refractivity contribution < 1.29 is 19.2 Å². The number of nitro benzene ring substituents is 1. The van der Waals surface area contributed by atoms with Gasteiger partial charge in [0.1, 0.15) is 6.61 Å². The summed E-state index contributed by atoms with van der Waals surface area (Å²) in [5.74, 6) is -0.373. The Hall–Kier alpha value is -1.95. The van der Waals surface area contributed by atoms with Crippen LogP contribution in [0.4, 0.5) is 5.69 Å². The van der Waals surface area contributed by atoms with E-state index < -0.39 is 4.92 Å². The van der Waals surface area contributed by atoms with E-state index in [1.165, 1.54) is 12.1 Å². The molecule has 0 atom stereocenters. The molecular formula is C13H15NO5. The molecule has 1 aromatic rings. The summed E-state index contributed by atoms with van der Waals surface area (Å²) in [5.41, 5.74) is 0.620. The first kappa shape index (κ1) is 13.5. The van der Waals surface area contributed by atoms with Crippen LogP contribution in [-0.2, 0) is 20.9 Å². The van der Waals surface area contributed by atoms with Crippen molar-refractivity contribution in [1.82, 2.24) is 0 Å². The molecule has 0 saturated carbocycles. The molecule has 1 saturated heterocycles. The molecular weight excluding hydrogens is 250 g/mol. The number of benzene rings is 1. The van der Waals surface area contributed by atoms with Crippen molar-refractivity contribution in [3.05, 3.63) is 39.9 Å². The Morgan fingerprint density at radius 1 is 1.42 bits per heavy atom. The average molecular weight is 265 g/mol. The Morgan fingerprint density at radius 2 is 2.16 bits per heavy atom. The molecule has 102 valence electrons. The molecule has 0 radical (unpaired) electrons. The zero-order valence-corrected chi connectivity index (χ0v) is 10.4. The molecule has 6 heteroatoms. The maximum atomic E-state index is 11.8. The second-order valence-electron chi connectivity index (χ2n) is 4.42. The summed E-state index contributed by atoms with van der Waals surface area (Å²) in [4.78, 5) is 21.9. The summed E-state index contributed by atoms with van der Waals surface area (Å²) in [6.45, 7) is 1.23. The van der Waals surface area contributed by atoms with Crippen molar-refractivity contribution in [2.75, 3.05) is 13.2 Å². The van der Waals surface area contributed by atoms with Crippen LogP contribution in [0.1, 0.15) is 18.4 Å². The van der Waals surface area contributed by atoms with Gasteiger partial charge in [0.05, 0.1) is 10.8 Å². The number of hydrogen-bond donors (Lipinski definition) is 0. The van der Waals surface area contributed by atoms with Crippen LogP contribution in [0.2, 0.25) is 0 Å². The second kappa shape index (κ2) is 6.29. The standard InChI is InChI=1S/C13H15NO5/c15-13(11-4-6-18-7-5-11)19-9-10-2-1-3-12(8-10)14(16)17/h1-3,8,11H,4-7,9H2. The zero-order chi connectivity index (χ0) is 13.7. The highest BCUT2D eigenvalue weighted by atomic mass is 16.6. The third-order valence-corrected chi connectivity index (χ3v) is 3.06. The number of esters is 1. The molecule has 1 heterocycles. The van der Waals surface area contributed by atoms with Gasteiger partial charge in [0.15, 0.2) is 0 Å². The molecule has 0 spiro atoms.